The second-order valence-corrected chi connectivity index (χ2v) is 2.22. The van der Waals surface area contributed by atoms with Crippen LogP contribution in [0, 0.1) is 0 Å². The predicted molar refractivity (Wildman–Crippen MR) is 38.0 cm³/mol. The van der Waals surface area contributed by atoms with Crippen LogP contribution in [0.25, 0.3) is 0 Å². The zero-order valence-electron chi connectivity index (χ0n) is 4.27. The number of hydrogen-bond acceptors (Lipinski definition) is 5. The van der Waals surface area contributed by atoms with Crippen LogP contribution >= 0.6 is 24.2 Å². The van der Waals surface area contributed by atoms with Crippen molar-refractivity contribution in [2.75, 3.05) is 0 Å². The number of hydrogen-bond donors (Lipinski definition) is 2. The molecule has 2 N–H and O–H groups in total. The number of aliphatic hydroxyl groups is 1. The zero-order valence-corrected chi connectivity index (χ0v) is 5.91. The van der Waals surface area contributed by atoms with Gasteiger partial charge in [0.15, 0.2) is 0 Å². The molecule has 0 saturated carbocycles. The van der Waals surface area contributed by atoms with Gasteiger partial charge in [-0.1, -0.05) is 0 Å². The van der Waals surface area contributed by atoms with E-state index < -0.39 is 5.24 Å². The molecule has 0 bridgehead atoms. The van der Waals surface area contributed by atoms with Crippen molar-refractivity contribution in [1.29, 1.82) is 0 Å². The first-order valence-electron chi connectivity index (χ1n) is 2.07. The lowest BCUT2D eigenvalue weighted by Crippen LogP contribution is -2.26. The van der Waals surface area contributed by atoms with E-state index in [-0.39, 0.29) is 0 Å². The number of rotatable bonds is 1. The molecule has 0 amide bonds. The summed E-state index contributed by atoms with van der Waals surface area (Å²) in [5, 5.41) is 10.8. The lowest BCUT2D eigenvalue weighted by atomic mass is 11.0. The highest BCUT2D eigenvalue weighted by molar-refractivity contribution is 8.00. The van der Waals surface area contributed by atoms with E-state index in [1.54, 1.807) is 11.6 Å². The fourth-order valence-corrected chi connectivity index (χ4v) is 0.846. The van der Waals surface area contributed by atoms with Gasteiger partial charge < -0.3 is 9.94 Å². The van der Waals surface area contributed by atoms with Gasteiger partial charge >= 0.3 is 5.24 Å². The molecule has 0 aromatic rings. The van der Waals surface area contributed by atoms with Gasteiger partial charge in [-0.25, -0.2) is 0 Å². The van der Waals surface area contributed by atoms with Gasteiger partial charge in [0.25, 0.3) is 0 Å². The SMILES string of the molecule is OC(=S)ON1C=CSN1. The van der Waals surface area contributed by atoms with Crippen molar-refractivity contribution >= 4 is 29.4 Å². The van der Waals surface area contributed by atoms with Crippen LogP contribution in [0.2, 0.25) is 0 Å². The topological polar surface area (TPSA) is 44.7 Å². The van der Waals surface area contributed by atoms with Gasteiger partial charge in [0, 0.05) is 17.6 Å². The summed E-state index contributed by atoms with van der Waals surface area (Å²) in [6.45, 7) is 0. The summed E-state index contributed by atoms with van der Waals surface area (Å²) in [6.07, 6.45) is 1.59. The van der Waals surface area contributed by atoms with E-state index in [0.717, 1.165) is 0 Å². The number of hydrazine groups is 1. The second-order valence-electron chi connectivity index (χ2n) is 1.18. The molecular weight excluding hydrogens is 160 g/mol. The molecule has 0 aliphatic carbocycles. The molecule has 0 spiro atoms. The Bertz CT molecular complexity index is 149. The zero-order chi connectivity index (χ0) is 6.69. The van der Waals surface area contributed by atoms with E-state index in [1.165, 1.54) is 17.1 Å². The van der Waals surface area contributed by atoms with E-state index in [0.29, 0.717) is 0 Å². The van der Waals surface area contributed by atoms with Crippen LogP contribution < -0.4 is 4.83 Å². The van der Waals surface area contributed by atoms with E-state index in [1.807, 2.05) is 0 Å². The van der Waals surface area contributed by atoms with Crippen molar-refractivity contribution in [2.24, 2.45) is 0 Å². The molecule has 1 rings (SSSR count). The Hall–Kier alpha value is -0.460. The molecule has 0 atom stereocenters. The molecular formula is C3H4N2O2S2. The van der Waals surface area contributed by atoms with Gasteiger partial charge in [-0.3, -0.25) is 0 Å². The third-order valence-electron chi connectivity index (χ3n) is 0.583. The third kappa shape index (κ3) is 2.08. The number of nitrogens with one attached hydrogen (secondary N) is 1. The van der Waals surface area contributed by atoms with E-state index in [4.69, 9.17) is 5.11 Å². The Morgan fingerprint density at radius 3 is 3.11 bits per heavy atom. The standard InChI is InChI=1S/C3H4N2O2S2/c6-3(8)7-5-1-2-9-4-5/h1-2,4H,(H,6,8). The molecule has 1 heterocycles. The predicted octanol–water partition coefficient (Wildman–Crippen LogP) is 0.700. The van der Waals surface area contributed by atoms with Crippen LogP contribution in [0.3, 0.4) is 0 Å². The lowest BCUT2D eigenvalue weighted by Gasteiger charge is -2.11. The quantitative estimate of drug-likeness (QED) is 0.439. The molecule has 50 valence electrons. The van der Waals surface area contributed by atoms with E-state index in [2.05, 4.69) is 21.9 Å². The Kier molecular flexibility index (Phi) is 2.15. The van der Waals surface area contributed by atoms with Gasteiger partial charge in [-0.15, -0.1) is 10.0 Å². The largest absolute Gasteiger partial charge is 0.471 e. The second kappa shape index (κ2) is 2.90. The van der Waals surface area contributed by atoms with Crippen LogP contribution in [0.1, 0.15) is 0 Å². The fourth-order valence-electron chi connectivity index (χ4n) is 0.332. The first-order valence-corrected chi connectivity index (χ1v) is 3.36. The molecule has 1 aliphatic heterocycles. The van der Waals surface area contributed by atoms with Gasteiger partial charge in [0.05, 0.1) is 6.20 Å². The molecule has 1 aliphatic rings. The molecule has 0 saturated heterocycles. The van der Waals surface area contributed by atoms with Crippen molar-refractivity contribution in [1.82, 2.24) is 10.0 Å². The lowest BCUT2D eigenvalue weighted by molar-refractivity contribution is -0.0555. The Morgan fingerprint density at radius 1 is 1.89 bits per heavy atom. The average molecular weight is 164 g/mol. The third-order valence-corrected chi connectivity index (χ3v) is 1.20. The molecule has 9 heavy (non-hydrogen) atoms. The highest BCUT2D eigenvalue weighted by Crippen LogP contribution is 2.07. The summed E-state index contributed by atoms with van der Waals surface area (Å²) < 4.78 is 0. The summed E-state index contributed by atoms with van der Waals surface area (Å²) >= 11 is 5.56. The van der Waals surface area contributed by atoms with Gasteiger partial charge in [0.2, 0.25) is 0 Å². The van der Waals surface area contributed by atoms with Gasteiger partial charge in [-0.2, -0.15) is 0 Å². The fraction of sp³-hybridized carbons (Fsp3) is 0. The number of aliphatic hydroxyl groups excluding tert-OH is 1. The highest BCUT2D eigenvalue weighted by Gasteiger charge is 2.05. The number of thiocarbonyl (C=S) groups is 1. The Balaban J connectivity index is 2.28. The van der Waals surface area contributed by atoms with Gasteiger partial charge in [0.1, 0.15) is 0 Å². The van der Waals surface area contributed by atoms with Crippen LogP contribution in [0.15, 0.2) is 11.6 Å². The number of hydroxylamine groups is 1. The Morgan fingerprint density at radius 2 is 2.67 bits per heavy atom. The minimum absolute atomic E-state index is 0.505. The van der Waals surface area contributed by atoms with Crippen molar-refractivity contribution in [3.8, 4) is 0 Å². The molecule has 0 aromatic heterocycles. The summed E-state index contributed by atoms with van der Waals surface area (Å²) in [5.74, 6) is 0. The molecule has 4 nitrogen and oxygen atoms in total. The monoisotopic (exact) mass is 164 g/mol. The maximum absolute atomic E-state index is 8.40. The summed E-state index contributed by atoms with van der Waals surface area (Å²) in [7, 11) is 0. The molecule has 6 heteroatoms. The van der Waals surface area contributed by atoms with Crippen LogP contribution in [0.5, 0.6) is 0 Å². The summed E-state index contributed by atoms with van der Waals surface area (Å²) in [6, 6.07) is 0. The molecule has 0 fully saturated rings. The van der Waals surface area contributed by atoms with Crippen LogP contribution in [0.4, 0.5) is 0 Å². The van der Waals surface area contributed by atoms with Crippen molar-refractivity contribution in [3.05, 3.63) is 11.6 Å². The smallest absolute Gasteiger partial charge is 0.376 e. The van der Waals surface area contributed by atoms with Crippen molar-refractivity contribution in [2.45, 2.75) is 0 Å². The minimum Gasteiger partial charge on any atom is -0.471 e. The Labute approximate surface area is 61.5 Å². The van der Waals surface area contributed by atoms with E-state index in [9.17, 15) is 0 Å². The van der Waals surface area contributed by atoms with Crippen molar-refractivity contribution in [3.63, 3.8) is 0 Å². The highest BCUT2D eigenvalue weighted by atomic mass is 32.2. The van der Waals surface area contributed by atoms with Gasteiger partial charge in [-0.05, 0) is 11.9 Å². The molecule has 0 aromatic carbocycles. The number of nitrogens with zero attached hydrogens (tertiary/aromatic N) is 1. The normalized spacial score (nSPS) is 16.2. The summed E-state index contributed by atoms with van der Waals surface area (Å²) in [5.41, 5.74) is 0. The van der Waals surface area contributed by atoms with Crippen molar-refractivity contribution < 1.29 is 9.94 Å². The molecule has 0 radical (unpaired) electrons. The minimum atomic E-state index is -0.505. The summed E-state index contributed by atoms with van der Waals surface area (Å²) in [4.78, 5) is 7.17. The maximum atomic E-state index is 8.40. The maximum Gasteiger partial charge on any atom is 0.376 e. The van der Waals surface area contributed by atoms with Crippen LogP contribution in [-0.2, 0) is 4.84 Å². The first-order chi connectivity index (χ1) is 4.29. The average Bonchev–Trinajstić information content (AvgIpc) is 2.15. The first kappa shape index (κ1) is 6.66. The van der Waals surface area contributed by atoms with Crippen LogP contribution in [-0.4, -0.2) is 15.5 Å². The molecule has 0 unspecified atom stereocenters. The van der Waals surface area contributed by atoms with E-state index >= 15 is 0 Å².